The van der Waals surface area contributed by atoms with Crippen LogP contribution in [0, 0.1) is 17.4 Å². The zero-order chi connectivity index (χ0) is 16.7. The van der Waals surface area contributed by atoms with Crippen LogP contribution < -0.4 is 5.32 Å². The maximum Gasteiger partial charge on any atom is 0.255 e. The Bertz CT molecular complexity index is 827. The maximum atomic E-state index is 12.7. The number of fused-ring (bicyclic) bond motifs is 2. The van der Waals surface area contributed by atoms with Gasteiger partial charge in [-0.2, -0.15) is 10.4 Å². The van der Waals surface area contributed by atoms with E-state index >= 15 is 0 Å². The molecule has 1 aromatic heterocycles. The number of carbonyl (C=O) groups excluding carboxylic acids is 1. The van der Waals surface area contributed by atoms with Crippen LogP contribution in [0.3, 0.4) is 0 Å². The number of carbonyl (C=O) groups is 1. The molecular weight excluding hydrogens is 300 g/mol. The molecule has 2 aromatic rings. The predicted octanol–water partition coefficient (Wildman–Crippen LogP) is 2.77. The number of rotatable bonds is 3. The van der Waals surface area contributed by atoms with E-state index in [-0.39, 0.29) is 5.91 Å². The molecule has 5 heteroatoms. The Labute approximate surface area is 141 Å². The van der Waals surface area contributed by atoms with Crippen molar-refractivity contribution in [1.29, 1.82) is 5.26 Å². The predicted molar refractivity (Wildman–Crippen MR) is 90.4 cm³/mol. The van der Waals surface area contributed by atoms with Crippen molar-refractivity contribution < 1.29 is 4.79 Å². The first kappa shape index (κ1) is 14.9. The van der Waals surface area contributed by atoms with Crippen LogP contribution in [0.1, 0.15) is 47.7 Å². The van der Waals surface area contributed by atoms with Crippen molar-refractivity contribution in [3.8, 4) is 6.07 Å². The van der Waals surface area contributed by atoms with Gasteiger partial charge in [-0.15, -0.1) is 0 Å². The van der Waals surface area contributed by atoms with Gasteiger partial charge in [0, 0.05) is 11.9 Å². The van der Waals surface area contributed by atoms with Gasteiger partial charge in [-0.1, -0.05) is 6.07 Å². The second-order valence-corrected chi connectivity index (χ2v) is 6.53. The van der Waals surface area contributed by atoms with Crippen molar-refractivity contribution in [3.63, 3.8) is 0 Å². The Balaban J connectivity index is 1.64. The molecule has 4 rings (SSSR count). The van der Waals surface area contributed by atoms with E-state index < -0.39 is 0 Å². The molecule has 0 spiro atoms. The summed E-state index contributed by atoms with van der Waals surface area (Å²) >= 11 is 0. The lowest BCUT2D eigenvalue weighted by Gasteiger charge is -2.18. The summed E-state index contributed by atoms with van der Waals surface area (Å²) in [5.74, 6) is -0.156. The number of nitrogens with zero attached hydrogens (tertiary/aromatic N) is 3. The van der Waals surface area contributed by atoms with Crippen molar-refractivity contribution in [2.75, 3.05) is 5.32 Å². The molecule has 0 saturated carbocycles. The molecule has 0 saturated heterocycles. The van der Waals surface area contributed by atoms with Crippen LogP contribution in [0.25, 0.3) is 0 Å². The Morgan fingerprint density at radius 1 is 1.21 bits per heavy atom. The zero-order valence-corrected chi connectivity index (χ0v) is 13.7. The number of aryl methyl sites for hydroxylation is 2. The van der Waals surface area contributed by atoms with Crippen LogP contribution in [-0.4, -0.2) is 15.7 Å². The van der Waals surface area contributed by atoms with Crippen molar-refractivity contribution >= 4 is 11.6 Å². The van der Waals surface area contributed by atoms with E-state index in [0.29, 0.717) is 11.7 Å². The molecule has 1 heterocycles. The van der Waals surface area contributed by atoms with E-state index in [1.807, 2.05) is 6.07 Å². The highest BCUT2D eigenvalue weighted by atomic mass is 16.2. The second kappa shape index (κ2) is 5.79. The van der Waals surface area contributed by atoms with Gasteiger partial charge in [0.1, 0.15) is 6.07 Å². The Hall–Kier alpha value is -2.61. The number of nitrogens with one attached hydrogen (secondary N) is 1. The molecule has 0 bridgehead atoms. The Morgan fingerprint density at radius 3 is 2.46 bits per heavy atom. The minimum atomic E-state index is -0.156. The summed E-state index contributed by atoms with van der Waals surface area (Å²) in [5, 5.41) is 16.1. The number of anilines is 1. The molecule has 121 valence electrons. The average molecular weight is 319 g/mol. The summed E-state index contributed by atoms with van der Waals surface area (Å²) in [4.78, 5) is 12.7. The molecule has 0 atom stereocenters. The molecule has 0 unspecified atom stereocenters. The van der Waals surface area contributed by atoms with Crippen molar-refractivity contribution in [2.45, 2.75) is 45.4 Å². The molecule has 1 aromatic carbocycles. The fourth-order valence-corrected chi connectivity index (χ4v) is 3.85. The summed E-state index contributed by atoms with van der Waals surface area (Å²) in [6.45, 7) is 1.73. The molecule has 0 aliphatic heterocycles. The lowest BCUT2D eigenvalue weighted by Crippen LogP contribution is -2.26. The first-order chi connectivity index (χ1) is 11.7. The fourth-order valence-electron chi connectivity index (χ4n) is 3.85. The van der Waals surface area contributed by atoms with E-state index in [4.69, 9.17) is 5.26 Å². The van der Waals surface area contributed by atoms with Crippen LogP contribution in [0.5, 0.6) is 0 Å². The molecular formula is C19H19N4O. The molecule has 2 aliphatic carbocycles. The average Bonchev–Trinajstić information content (AvgIpc) is 3.32. The summed E-state index contributed by atoms with van der Waals surface area (Å²) < 4.78 is 1.47. The zero-order valence-electron chi connectivity index (χ0n) is 13.7. The number of aromatic nitrogens is 2. The molecule has 1 radical (unpaired) electrons. The third-order valence-electron chi connectivity index (χ3n) is 5.09. The normalized spacial score (nSPS) is 15.2. The van der Waals surface area contributed by atoms with Gasteiger partial charge >= 0.3 is 0 Å². The van der Waals surface area contributed by atoms with Crippen molar-refractivity contribution in [1.82, 2.24) is 9.78 Å². The van der Waals surface area contributed by atoms with E-state index in [1.165, 1.54) is 26.9 Å². The van der Waals surface area contributed by atoms with Gasteiger partial charge in [0.25, 0.3) is 5.91 Å². The van der Waals surface area contributed by atoms with Crippen LogP contribution in [0.2, 0.25) is 0 Å². The summed E-state index contributed by atoms with van der Waals surface area (Å²) in [5.41, 5.74) is 6.77. The highest BCUT2D eigenvalue weighted by Gasteiger charge is 2.27. The quantitative estimate of drug-likeness (QED) is 0.945. The van der Waals surface area contributed by atoms with E-state index in [2.05, 4.69) is 16.5 Å². The van der Waals surface area contributed by atoms with Crippen LogP contribution in [-0.2, 0) is 30.5 Å². The SMILES string of the molecule is C[C](C(=O)Nc1c2c(cc3c1CCC3)CCC2)n1ccc(C#N)n1. The third-order valence-corrected chi connectivity index (χ3v) is 5.09. The number of benzene rings is 1. The molecule has 1 amide bonds. The monoisotopic (exact) mass is 319 g/mol. The molecule has 1 N–H and O–H groups in total. The number of hydrogen-bond donors (Lipinski definition) is 1. The highest BCUT2D eigenvalue weighted by Crippen LogP contribution is 2.38. The van der Waals surface area contributed by atoms with Gasteiger partial charge in [0.15, 0.2) is 11.7 Å². The fraction of sp³-hybridized carbons (Fsp3) is 0.368. The van der Waals surface area contributed by atoms with Gasteiger partial charge in [0.2, 0.25) is 0 Å². The van der Waals surface area contributed by atoms with Crippen LogP contribution in [0.4, 0.5) is 5.69 Å². The van der Waals surface area contributed by atoms with Crippen LogP contribution in [0.15, 0.2) is 18.3 Å². The third kappa shape index (κ3) is 2.39. The largest absolute Gasteiger partial charge is 0.323 e. The summed E-state index contributed by atoms with van der Waals surface area (Å²) in [6.07, 6.45) is 8.27. The first-order valence-corrected chi connectivity index (χ1v) is 8.45. The number of amides is 1. The van der Waals surface area contributed by atoms with Gasteiger partial charge in [-0.25, -0.2) is 0 Å². The number of hydrogen-bond acceptors (Lipinski definition) is 3. The minimum absolute atomic E-state index is 0.156. The smallest absolute Gasteiger partial charge is 0.255 e. The van der Waals surface area contributed by atoms with Gasteiger partial charge in [0.05, 0.1) is 0 Å². The Kier molecular flexibility index (Phi) is 3.61. The van der Waals surface area contributed by atoms with Gasteiger partial charge < -0.3 is 5.32 Å². The Morgan fingerprint density at radius 2 is 1.88 bits per heavy atom. The van der Waals surface area contributed by atoms with Crippen molar-refractivity contribution in [3.05, 3.63) is 52.3 Å². The van der Waals surface area contributed by atoms with Crippen LogP contribution >= 0.6 is 0 Å². The summed E-state index contributed by atoms with van der Waals surface area (Å²) in [6, 6.07) is 6.41. The minimum Gasteiger partial charge on any atom is -0.323 e. The van der Waals surface area contributed by atoms with Gasteiger partial charge in [-0.05, 0) is 73.8 Å². The molecule has 24 heavy (non-hydrogen) atoms. The maximum absolute atomic E-state index is 12.7. The van der Waals surface area contributed by atoms with E-state index in [0.717, 1.165) is 44.2 Å². The first-order valence-electron chi connectivity index (χ1n) is 8.45. The van der Waals surface area contributed by atoms with Gasteiger partial charge in [-0.3, -0.25) is 9.48 Å². The topological polar surface area (TPSA) is 70.7 Å². The highest BCUT2D eigenvalue weighted by molar-refractivity contribution is 6.02. The lowest BCUT2D eigenvalue weighted by molar-refractivity contribution is -0.115. The molecule has 5 nitrogen and oxygen atoms in total. The van der Waals surface area contributed by atoms with Crippen molar-refractivity contribution in [2.24, 2.45) is 0 Å². The second-order valence-electron chi connectivity index (χ2n) is 6.53. The molecule has 2 aliphatic rings. The molecule has 0 fully saturated rings. The lowest BCUT2D eigenvalue weighted by atomic mass is 9.98. The standard InChI is InChI=1S/C19H19N4O/c1-12(23-9-8-15(11-20)22-23)19(24)21-18-16-6-2-4-13(16)10-14-5-3-7-17(14)18/h8-10H,2-7H2,1H3,(H,21,24). The van der Waals surface area contributed by atoms with E-state index in [9.17, 15) is 4.79 Å². The summed E-state index contributed by atoms with van der Waals surface area (Å²) in [7, 11) is 0. The van der Waals surface area contributed by atoms with E-state index in [1.54, 1.807) is 19.2 Å². The number of nitriles is 1.